The highest BCUT2D eigenvalue weighted by molar-refractivity contribution is 5.82. The van der Waals surface area contributed by atoms with Crippen molar-refractivity contribution < 1.29 is 33.4 Å². The van der Waals surface area contributed by atoms with Crippen LogP contribution in [0.5, 0.6) is 0 Å². The van der Waals surface area contributed by atoms with Gasteiger partial charge in [-0.1, -0.05) is 13.5 Å². The summed E-state index contributed by atoms with van der Waals surface area (Å²) < 4.78 is 14.4. The van der Waals surface area contributed by atoms with E-state index in [0.29, 0.717) is 6.42 Å². The summed E-state index contributed by atoms with van der Waals surface area (Å²) in [5.41, 5.74) is 0. The summed E-state index contributed by atoms with van der Waals surface area (Å²) in [5.74, 6) is -2.33. The molecule has 128 valence electrons. The zero-order valence-corrected chi connectivity index (χ0v) is 12.8. The third-order valence-electron chi connectivity index (χ3n) is 2.92. The van der Waals surface area contributed by atoms with E-state index in [-0.39, 0.29) is 26.3 Å². The predicted octanol–water partition coefficient (Wildman–Crippen LogP) is -0.490. The van der Waals surface area contributed by atoms with Crippen molar-refractivity contribution in [2.75, 3.05) is 26.3 Å². The molecule has 1 aliphatic rings. The fourth-order valence-corrected chi connectivity index (χ4v) is 1.61. The summed E-state index contributed by atoms with van der Waals surface area (Å²) in [5, 5.41) is 4.92. The number of amides is 2. The number of carbonyl (C=O) groups is 4. The molecule has 0 bridgehead atoms. The number of urea groups is 1. The average Bonchev–Trinajstić information content (AvgIpc) is 2.93. The van der Waals surface area contributed by atoms with Crippen LogP contribution in [-0.2, 0) is 28.6 Å². The molecule has 0 aromatic heterocycles. The topological polar surface area (TPSA) is 120 Å². The normalized spacial score (nSPS) is 17.6. The third-order valence-corrected chi connectivity index (χ3v) is 2.92. The monoisotopic (exact) mass is 328 g/mol. The van der Waals surface area contributed by atoms with E-state index in [2.05, 4.69) is 26.7 Å². The van der Waals surface area contributed by atoms with Crippen molar-refractivity contribution in [1.82, 2.24) is 10.6 Å². The molecule has 2 amide bonds. The Morgan fingerprint density at radius 2 is 2.17 bits per heavy atom. The highest BCUT2D eigenvalue weighted by Crippen LogP contribution is 2.12. The van der Waals surface area contributed by atoms with E-state index in [1.165, 1.54) is 0 Å². The zero-order valence-electron chi connectivity index (χ0n) is 12.8. The van der Waals surface area contributed by atoms with Gasteiger partial charge in [0, 0.05) is 19.0 Å². The van der Waals surface area contributed by atoms with Gasteiger partial charge in [0.1, 0.15) is 6.61 Å². The van der Waals surface area contributed by atoms with Crippen LogP contribution >= 0.6 is 0 Å². The van der Waals surface area contributed by atoms with Crippen LogP contribution in [0.3, 0.4) is 0 Å². The van der Waals surface area contributed by atoms with Gasteiger partial charge in [-0.2, -0.15) is 0 Å². The third kappa shape index (κ3) is 6.81. The van der Waals surface area contributed by atoms with Gasteiger partial charge in [-0.25, -0.2) is 14.4 Å². The maximum atomic E-state index is 11.8. The van der Waals surface area contributed by atoms with Crippen molar-refractivity contribution in [3.05, 3.63) is 12.7 Å². The van der Waals surface area contributed by atoms with E-state index in [0.717, 1.165) is 6.08 Å². The van der Waals surface area contributed by atoms with Gasteiger partial charge in [0.2, 0.25) is 6.10 Å². The van der Waals surface area contributed by atoms with Gasteiger partial charge in [-0.3, -0.25) is 4.79 Å². The molecule has 0 saturated carbocycles. The minimum Gasteiger partial charge on any atom is -0.463 e. The second kappa shape index (κ2) is 9.44. The number of ether oxygens (including phenoxy) is 3. The van der Waals surface area contributed by atoms with Crippen molar-refractivity contribution in [2.24, 2.45) is 5.92 Å². The van der Waals surface area contributed by atoms with Crippen LogP contribution in [0.25, 0.3) is 0 Å². The molecular weight excluding hydrogens is 308 g/mol. The van der Waals surface area contributed by atoms with Gasteiger partial charge in [0.05, 0.1) is 19.1 Å². The summed E-state index contributed by atoms with van der Waals surface area (Å²) in [6.07, 6.45) is 0.501. The lowest BCUT2D eigenvalue weighted by atomic mass is 10.2. The molecule has 2 atom stereocenters. The van der Waals surface area contributed by atoms with Gasteiger partial charge in [-0.05, 0) is 0 Å². The van der Waals surface area contributed by atoms with Gasteiger partial charge in [0.25, 0.3) is 0 Å². The molecule has 0 radical (unpaired) electrons. The molecule has 1 saturated heterocycles. The van der Waals surface area contributed by atoms with E-state index in [4.69, 9.17) is 4.74 Å². The summed E-state index contributed by atoms with van der Waals surface area (Å²) in [7, 11) is 0. The number of nitrogens with one attached hydrogen (secondary N) is 2. The minimum atomic E-state index is -0.863. The Bertz CT molecular complexity index is 478. The Morgan fingerprint density at radius 3 is 2.78 bits per heavy atom. The van der Waals surface area contributed by atoms with Crippen LogP contribution in [0.4, 0.5) is 4.79 Å². The average molecular weight is 328 g/mol. The second-order valence-electron chi connectivity index (χ2n) is 4.79. The number of hydrogen-bond donors (Lipinski definition) is 2. The molecular formula is C14H20N2O7. The quantitative estimate of drug-likeness (QED) is 0.267. The number of hydrogen-bond acceptors (Lipinski definition) is 7. The van der Waals surface area contributed by atoms with Gasteiger partial charge in [0.15, 0.2) is 0 Å². The van der Waals surface area contributed by atoms with Crippen LogP contribution in [0.2, 0.25) is 0 Å². The fraction of sp³-hybridized carbons (Fsp3) is 0.571. The standard InChI is InChI=1S/C14H20N2O7/c1-3-11(17)21-7-5-15-14(20)16-8-9(2)12(18)23-10-4-6-22-13(10)19/h3,9-10H,1,4-8H2,2H3,(H2,15,16,20). The molecule has 0 aromatic carbocycles. The largest absolute Gasteiger partial charge is 0.463 e. The van der Waals surface area contributed by atoms with Crippen molar-refractivity contribution in [3.8, 4) is 0 Å². The molecule has 0 aliphatic carbocycles. The molecule has 0 aromatic rings. The maximum absolute atomic E-state index is 11.8. The second-order valence-corrected chi connectivity index (χ2v) is 4.79. The summed E-state index contributed by atoms with van der Waals surface area (Å²) in [6.45, 7) is 5.21. The molecule has 9 heteroatoms. The van der Waals surface area contributed by atoms with Gasteiger partial charge in [-0.15, -0.1) is 0 Å². The molecule has 1 heterocycles. The first-order valence-corrected chi connectivity index (χ1v) is 7.12. The molecule has 0 spiro atoms. The van der Waals surface area contributed by atoms with Crippen LogP contribution in [0, 0.1) is 5.92 Å². The molecule has 9 nitrogen and oxygen atoms in total. The Labute approximate surface area is 133 Å². The molecule has 1 rings (SSSR count). The van der Waals surface area contributed by atoms with Crippen LogP contribution in [0.15, 0.2) is 12.7 Å². The number of esters is 3. The van der Waals surface area contributed by atoms with Crippen molar-refractivity contribution in [3.63, 3.8) is 0 Å². The lowest BCUT2D eigenvalue weighted by Gasteiger charge is -2.14. The Kier molecular flexibility index (Phi) is 7.58. The molecule has 1 fully saturated rings. The summed E-state index contributed by atoms with van der Waals surface area (Å²) in [6, 6.07) is -0.514. The number of rotatable bonds is 8. The van der Waals surface area contributed by atoms with E-state index >= 15 is 0 Å². The molecule has 2 unspecified atom stereocenters. The first kappa shape index (κ1) is 18.5. The van der Waals surface area contributed by atoms with Crippen LogP contribution in [0.1, 0.15) is 13.3 Å². The van der Waals surface area contributed by atoms with Crippen LogP contribution in [-0.4, -0.2) is 56.3 Å². The Hall–Kier alpha value is -2.58. The SMILES string of the molecule is C=CC(=O)OCCNC(=O)NCC(C)C(=O)OC1CCOC1=O. The minimum absolute atomic E-state index is 0.0136. The fourth-order valence-electron chi connectivity index (χ4n) is 1.61. The molecule has 2 N–H and O–H groups in total. The van der Waals surface area contributed by atoms with Gasteiger partial charge < -0.3 is 24.8 Å². The van der Waals surface area contributed by atoms with Gasteiger partial charge >= 0.3 is 23.9 Å². The Morgan fingerprint density at radius 1 is 1.43 bits per heavy atom. The smallest absolute Gasteiger partial charge is 0.347 e. The van der Waals surface area contributed by atoms with E-state index in [1.54, 1.807) is 6.92 Å². The first-order valence-electron chi connectivity index (χ1n) is 7.12. The molecule has 23 heavy (non-hydrogen) atoms. The number of carbonyl (C=O) groups excluding carboxylic acids is 4. The zero-order chi connectivity index (χ0) is 17.2. The van der Waals surface area contributed by atoms with Crippen molar-refractivity contribution in [1.29, 1.82) is 0 Å². The highest BCUT2D eigenvalue weighted by atomic mass is 16.6. The lowest BCUT2D eigenvalue weighted by molar-refractivity contribution is -0.162. The lowest BCUT2D eigenvalue weighted by Crippen LogP contribution is -2.41. The summed E-state index contributed by atoms with van der Waals surface area (Å²) in [4.78, 5) is 45.2. The van der Waals surface area contributed by atoms with Crippen LogP contribution < -0.4 is 10.6 Å². The Balaban J connectivity index is 2.16. The predicted molar refractivity (Wildman–Crippen MR) is 77.2 cm³/mol. The van der Waals surface area contributed by atoms with E-state index in [9.17, 15) is 19.2 Å². The van der Waals surface area contributed by atoms with E-state index < -0.39 is 36.0 Å². The van der Waals surface area contributed by atoms with Crippen molar-refractivity contribution in [2.45, 2.75) is 19.4 Å². The molecule has 1 aliphatic heterocycles. The highest BCUT2D eigenvalue weighted by Gasteiger charge is 2.31. The number of cyclic esters (lactones) is 1. The van der Waals surface area contributed by atoms with E-state index in [1.807, 2.05) is 0 Å². The first-order chi connectivity index (χ1) is 10.9. The van der Waals surface area contributed by atoms with Crippen molar-refractivity contribution >= 4 is 23.9 Å². The summed E-state index contributed by atoms with van der Waals surface area (Å²) >= 11 is 0. The maximum Gasteiger partial charge on any atom is 0.347 e.